The van der Waals surface area contributed by atoms with Gasteiger partial charge in [0, 0.05) is 16.8 Å². The second kappa shape index (κ2) is 8.72. The first-order valence-corrected chi connectivity index (χ1v) is 10.0. The molecule has 6 nitrogen and oxygen atoms in total. The highest BCUT2D eigenvalue weighted by Crippen LogP contribution is 2.46. The molecule has 1 aliphatic rings. The van der Waals surface area contributed by atoms with E-state index in [1.165, 1.54) is 11.1 Å². The Balaban J connectivity index is 1.52. The first kappa shape index (κ1) is 21.0. The number of aromatic nitrogens is 2. The molecule has 0 saturated heterocycles. The Morgan fingerprint density at radius 2 is 1.52 bits per heavy atom. The van der Waals surface area contributed by atoms with Crippen molar-refractivity contribution in [2.45, 2.75) is 54.4 Å². The molecular formula is C23H30N4O2. The number of rotatable bonds is 8. The molecule has 0 N–H and O–H groups in total. The van der Waals surface area contributed by atoms with Gasteiger partial charge in [0.25, 0.3) is 0 Å². The van der Waals surface area contributed by atoms with Gasteiger partial charge in [0.1, 0.15) is 24.6 Å². The van der Waals surface area contributed by atoms with Crippen LogP contribution in [0.2, 0.25) is 0 Å². The van der Waals surface area contributed by atoms with E-state index >= 15 is 0 Å². The quantitative estimate of drug-likeness (QED) is 0.482. The summed E-state index contributed by atoms with van der Waals surface area (Å²) >= 11 is 0. The van der Waals surface area contributed by atoms with Crippen LogP contribution in [0.3, 0.4) is 0 Å². The first-order valence-electron chi connectivity index (χ1n) is 10.0. The lowest BCUT2D eigenvalue weighted by atomic mass is 10.1. The van der Waals surface area contributed by atoms with E-state index in [0.717, 1.165) is 47.0 Å². The molecule has 3 rings (SSSR count). The van der Waals surface area contributed by atoms with Crippen molar-refractivity contribution in [3.05, 3.63) is 58.2 Å². The summed E-state index contributed by atoms with van der Waals surface area (Å²) in [6.45, 7) is 13.0. The summed E-state index contributed by atoms with van der Waals surface area (Å²) in [5.74, 6) is 0. The minimum absolute atomic E-state index is 0.000130. The van der Waals surface area contributed by atoms with Crippen LogP contribution in [-0.2, 0) is 9.68 Å². The van der Waals surface area contributed by atoms with Gasteiger partial charge in [0.2, 0.25) is 0 Å². The predicted octanol–water partition coefficient (Wildman–Crippen LogP) is 4.67. The zero-order valence-corrected chi connectivity index (χ0v) is 18.2. The van der Waals surface area contributed by atoms with E-state index in [4.69, 9.17) is 9.68 Å². The molecule has 2 heterocycles. The number of hydrogen-bond acceptors (Lipinski definition) is 6. The van der Waals surface area contributed by atoms with Crippen molar-refractivity contribution in [2.75, 3.05) is 13.2 Å². The fourth-order valence-electron chi connectivity index (χ4n) is 2.99. The third kappa shape index (κ3) is 5.62. The van der Waals surface area contributed by atoms with Crippen LogP contribution in [0.1, 0.15) is 60.6 Å². The Bertz CT molecular complexity index is 926. The molecule has 0 atom stereocenters. The lowest BCUT2D eigenvalue weighted by Gasteiger charge is -2.13. The third-order valence-corrected chi connectivity index (χ3v) is 5.29. The van der Waals surface area contributed by atoms with E-state index in [9.17, 15) is 0 Å². The van der Waals surface area contributed by atoms with Gasteiger partial charge < -0.3 is 9.68 Å². The van der Waals surface area contributed by atoms with Crippen molar-refractivity contribution >= 4 is 11.4 Å². The zero-order valence-electron chi connectivity index (χ0n) is 18.2. The molecule has 0 aliphatic heterocycles. The Morgan fingerprint density at radius 1 is 0.897 bits per heavy atom. The highest BCUT2D eigenvalue weighted by atomic mass is 16.6. The van der Waals surface area contributed by atoms with Crippen LogP contribution >= 0.6 is 0 Å². The van der Waals surface area contributed by atoms with Gasteiger partial charge >= 0.3 is 0 Å². The van der Waals surface area contributed by atoms with E-state index in [1.54, 1.807) is 0 Å². The van der Waals surface area contributed by atoms with Crippen LogP contribution in [0.25, 0.3) is 0 Å². The summed E-state index contributed by atoms with van der Waals surface area (Å²) < 4.78 is 0. The molecule has 29 heavy (non-hydrogen) atoms. The fourth-order valence-corrected chi connectivity index (χ4v) is 2.99. The molecule has 1 fully saturated rings. The number of pyridine rings is 2. The summed E-state index contributed by atoms with van der Waals surface area (Å²) in [6.07, 6.45) is 2.11. The maximum atomic E-state index is 5.64. The number of oxime groups is 2. The zero-order chi connectivity index (χ0) is 21.0. The Hall–Kier alpha value is -2.76. The number of aryl methyl sites for hydroxylation is 4. The molecule has 0 radical (unpaired) electrons. The van der Waals surface area contributed by atoms with Gasteiger partial charge in [-0.1, -0.05) is 16.4 Å². The molecule has 2 aromatic heterocycles. The molecule has 0 bridgehead atoms. The van der Waals surface area contributed by atoms with Gasteiger partial charge in [-0.2, -0.15) is 0 Å². The van der Waals surface area contributed by atoms with Crippen LogP contribution < -0.4 is 0 Å². The summed E-state index contributed by atoms with van der Waals surface area (Å²) in [4.78, 5) is 20.3. The standard InChI is InChI=1S/C23H30N4O2/c1-15-11-17(3)24-22(12-15)20(6)27-29-14-23(9-10-23)13-28-26-19(5)21-8-7-16(2)18(4)25-21/h7-8,11-12H,9-10,13-14H2,1-6H3/b26-19+,27-20+. The summed E-state index contributed by atoms with van der Waals surface area (Å²) in [6, 6.07) is 8.09. The summed E-state index contributed by atoms with van der Waals surface area (Å²) in [5, 5.41) is 8.52. The lowest BCUT2D eigenvalue weighted by Crippen LogP contribution is -2.16. The van der Waals surface area contributed by atoms with Crippen LogP contribution in [-0.4, -0.2) is 34.6 Å². The summed E-state index contributed by atoms with van der Waals surface area (Å²) in [5.41, 5.74) is 7.58. The van der Waals surface area contributed by atoms with Crippen LogP contribution in [0.15, 0.2) is 34.6 Å². The molecule has 0 spiro atoms. The summed E-state index contributed by atoms with van der Waals surface area (Å²) in [7, 11) is 0. The SMILES string of the molecule is C/C(=N\OCC1(CO/N=C(\C)c2ccc(C)c(C)n2)CC1)c1cc(C)cc(C)n1. The lowest BCUT2D eigenvalue weighted by molar-refractivity contribution is 0.0320. The van der Waals surface area contributed by atoms with Crippen LogP contribution in [0.4, 0.5) is 0 Å². The Labute approximate surface area is 173 Å². The second-order valence-electron chi connectivity index (χ2n) is 8.17. The van der Waals surface area contributed by atoms with Crippen molar-refractivity contribution in [1.29, 1.82) is 0 Å². The molecule has 0 aromatic carbocycles. The highest BCUT2D eigenvalue weighted by Gasteiger charge is 2.45. The molecule has 0 amide bonds. The maximum Gasteiger partial charge on any atom is 0.126 e. The van der Waals surface area contributed by atoms with Gasteiger partial charge in [-0.25, -0.2) is 0 Å². The normalized spacial score (nSPS) is 15.9. The molecule has 154 valence electrons. The average molecular weight is 395 g/mol. The molecule has 2 aromatic rings. The molecule has 0 unspecified atom stereocenters. The third-order valence-electron chi connectivity index (χ3n) is 5.29. The fraction of sp³-hybridized carbons (Fsp3) is 0.478. The van der Waals surface area contributed by atoms with Gasteiger partial charge in [-0.15, -0.1) is 0 Å². The minimum atomic E-state index is 0.000130. The van der Waals surface area contributed by atoms with Crippen molar-refractivity contribution in [3.8, 4) is 0 Å². The second-order valence-corrected chi connectivity index (χ2v) is 8.17. The highest BCUT2D eigenvalue weighted by molar-refractivity contribution is 5.97. The largest absolute Gasteiger partial charge is 0.395 e. The molecule has 1 saturated carbocycles. The van der Waals surface area contributed by atoms with Crippen LogP contribution in [0.5, 0.6) is 0 Å². The Kier molecular flexibility index (Phi) is 6.30. The molecular weight excluding hydrogens is 364 g/mol. The van der Waals surface area contributed by atoms with Crippen molar-refractivity contribution in [1.82, 2.24) is 9.97 Å². The van der Waals surface area contributed by atoms with E-state index in [-0.39, 0.29) is 5.41 Å². The minimum Gasteiger partial charge on any atom is -0.395 e. The number of nitrogens with zero attached hydrogens (tertiary/aromatic N) is 4. The molecule has 6 heteroatoms. The smallest absolute Gasteiger partial charge is 0.126 e. The Morgan fingerprint density at radius 3 is 2.07 bits per heavy atom. The predicted molar refractivity (Wildman–Crippen MR) is 115 cm³/mol. The van der Waals surface area contributed by atoms with E-state index in [1.807, 2.05) is 52.8 Å². The van der Waals surface area contributed by atoms with Crippen LogP contribution in [0, 0.1) is 33.1 Å². The van der Waals surface area contributed by atoms with Crippen molar-refractivity contribution in [3.63, 3.8) is 0 Å². The molecule has 1 aliphatic carbocycles. The average Bonchev–Trinajstić information content (AvgIpc) is 3.42. The maximum absolute atomic E-state index is 5.64. The van der Waals surface area contributed by atoms with Gasteiger partial charge in [0.05, 0.1) is 11.4 Å². The number of hydrogen-bond donors (Lipinski definition) is 0. The first-order chi connectivity index (χ1) is 13.8. The van der Waals surface area contributed by atoms with Gasteiger partial charge in [-0.05, 0) is 83.7 Å². The van der Waals surface area contributed by atoms with Gasteiger partial charge in [0.15, 0.2) is 0 Å². The van der Waals surface area contributed by atoms with Gasteiger partial charge in [-0.3, -0.25) is 9.97 Å². The van der Waals surface area contributed by atoms with E-state index in [2.05, 4.69) is 33.3 Å². The van der Waals surface area contributed by atoms with E-state index < -0.39 is 0 Å². The van der Waals surface area contributed by atoms with E-state index in [0.29, 0.717) is 13.2 Å². The van der Waals surface area contributed by atoms with Crippen molar-refractivity contribution < 1.29 is 9.68 Å². The van der Waals surface area contributed by atoms with Crippen molar-refractivity contribution in [2.24, 2.45) is 15.7 Å². The topological polar surface area (TPSA) is 69.0 Å². The monoisotopic (exact) mass is 394 g/mol.